The summed E-state index contributed by atoms with van der Waals surface area (Å²) in [5.41, 5.74) is 3.56. The Morgan fingerprint density at radius 1 is 1.17 bits per heavy atom. The summed E-state index contributed by atoms with van der Waals surface area (Å²) >= 11 is 1.50. The molecule has 0 aliphatic carbocycles. The molecule has 0 N–H and O–H groups in total. The van der Waals surface area contributed by atoms with Gasteiger partial charge < -0.3 is 4.74 Å². The molecule has 1 fully saturated rings. The predicted octanol–water partition coefficient (Wildman–Crippen LogP) is 5.55. The number of nitrogens with zero attached hydrogens (tertiary/aromatic N) is 3. The lowest BCUT2D eigenvalue weighted by molar-refractivity contribution is 0.0917. The van der Waals surface area contributed by atoms with Crippen LogP contribution in [0.25, 0.3) is 10.2 Å². The number of hydrogen-bond acceptors (Lipinski definition) is 6. The molecule has 4 rings (SSSR count). The fourth-order valence-electron chi connectivity index (χ4n) is 4.57. The molecule has 3 aromatic rings. The summed E-state index contributed by atoms with van der Waals surface area (Å²) in [5, 5.41) is 0.632. The Hall–Kier alpha value is -2.33. The maximum Gasteiger partial charge on any atom is 0.260 e. The third-order valence-electron chi connectivity index (χ3n) is 6.56. The van der Waals surface area contributed by atoms with Crippen LogP contribution in [0.4, 0.5) is 5.13 Å². The molecule has 1 atom stereocenters. The molecule has 0 radical (unpaired) electrons. The van der Waals surface area contributed by atoms with Crippen molar-refractivity contribution in [1.82, 2.24) is 9.29 Å². The van der Waals surface area contributed by atoms with Crippen molar-refractivity contribution in [3.05, 3.63) is 53.1 Å². The van der Waals surface area contributed by atoms with E-state index in [0.717, 1.165) is 47.0 Å². The number of anilines is 1. The Bertz CT molecular complexity index is 1310. The second-order valence-electron chi connectivity index (χ2n) is 9.35. The van der Waals surface area contributed by atoms with Gasteiger partial charge in [0.1, 0.15) is 0 Å². The normalized spacial score (nSPS) is 16.2. The van der Waals surface area contributed by atoms with E-state index in [1.807, 2.05) is 20.8 Å². The van der Waals surface area contributed by atoms with E-state index < -0.39 is 10.0 Å². The molecule has 1 aromatic heterocycles. The quantitative estimate of drug-likeness (QED) is 0.344. The zero-order valence-electron chi connectivity index (χ0n) is 21.5. The Labute approximate surface area is 218 Å². The van der Waals surface area contributed by atoms with Crippen molar-refractivity contribution >= 4 is 42.6 Å². The second-order valence-corrected chi connectivity index (χ2v) is 12.3. The number of benzene rings is 2. The summed E-state index contributed by atoms with van der Waals surface area (Å²) < 4.78 is 34.6. The van der Waals surface area contributed by atoms with Crippen molar-refractivity contribution < 1.29 is 17.9 Å². The first kappa shape index (κ1) is 26.7. The standard InChI is InChI=1S/C27H35N3O4S2/c1-5-7-14-29(6-2)36(32,33)23-12-10-21(11-13-23)26(31)30(18-22-9-8-15-34-22)27-28-25-20(4)16-19(3)17-24(25)35-27/h10-13,16-17,22H,5-9,14-15,18H2,1-4H3. The molecule has 1 unspecified atom stereocenters. The van der Waals surface area contributed by atoms with Crippen LogP contribution in [0.15, 0.2) is 41.3 Å². The van der Waals surface area contributed by atoms with E-state index in [1.54, 1.807) is 17.0 Å². The summed E-state index contributed by atoms with van der Waals surface area (Å²) in [6.07, 6.45) is 3.56. The molecule has 2 heterocycles. The van der Waals surface area contributed by atoms with Gasteiger partial charge in [-0.25, -0.2) is 13.4 Å². The van der Waals surface area contributed by atoms with Gasteiger partial charge in [0.05, 0.1) is 27.8 Å². The summed E-state index contributed by atoms with van der Waals surface area (Å²) in [4.78, 5) is 20.5. The van der Waals surface area contributed by atoms with Gasteiger partial charge in [0.15, 0.2) is 5.13 Å². The van der Waals surface area contributed by atoms with Gasteiger partial charge in [0.25, 0.3) is 5.91 Å². The number of carbonyl (C=O) groups excluding carboxylic acids is 1. The number of rotatable bonds is 10. The zero-order chi connectivity index (χ0) is 25.9. The molecule has 7 nitrogen and oxygen atoms in total. The van der Waals surface area contributed by atoms with Crippen LogP contribution < -0.4 is 4.90 Å². The van der Waals surface area contributed by atoms with Crippen molar-refractivity contribution in [3.63, 3.8) is 0 Å². The minimum Gasteiger partial charge on any atom is -0.376 e. The lowest BCUT2D eigenvalue weighted by Gasteiger charge is -2.23. The highest BCUT2D eigenvalue weighted by Gasteiger charge is 2.28. The molecule has 0 saturated carbocycles. The van der Waals surface area contributed by atoms with Crippen LogP contribution in [-0.2, 0) is 14.8 Å². The fraction of sp³-hybridized carbons (Fsp3) is 0.481. The Kier molecular flexibility index (Phi) is 8.44. The molecule has 194 valence electrons. The van der Waals surface area contributed by atoms with Crippen LogP contribution >= 0.6 is 11.3 Å². The molecule has 0 spiro atoms. The maximum atomic E-state index is 13.7. The van der Waals surface area contributed by atoms with Crippen LogP contribution in [0.5, 0.6) is 0 Å². The highest BCUT2D eigenvalue weighted by molar-refractivity contribution is 7.89. The SMILES string of the molecule is CCCCN(CC)S(=O)(=O)c1ccc(C(=O)N(CC2CCCO2)c2nc3c(C)cc(C)cc3s2)cc1. The average Bonchev–Trinajstić information content (AvgIpc) is 3.52. The van der Waals surface area contributed by atoms with E-state index in [1.165, 1.54) is 27.8 Å². The number of carbonyl (C=O) groups is 1. The minimum absolute atomic E-state index is 0.0416. The summed E-state index contributed by atoms with van der Waals surface area (Å²) in [7, 11) is -3.60. The van der Waals surface area contributed by atoms with Gasteiger partial charge in [-0.05, 0) is 74.6 Å². The van der Waals surface area contributed by atoms with E-state index in [2.05, 4.69) is 19.1 Å². The van der Waals surface area contributed by atoms with Gasteiger partial charge in [0.2, 0.25) is 10.0 Å². The van der Waals surface area contributed by atoms with Crippen molar-refractivity contribution in [2.24, 2.45) is 0 Å². The smallest absolute Gasteiger partial charge is 0.260 e. The molecule has 1 aliphatic heterocycles. The number of amides is 1. The van der Waals surface area contributed by atoms with Gasteiger partial charge in [-0.3, -0.25) is 9.69 Å². The monoisotopic (exact) mass is 529 g/mol. The first-order valence-electron chi connectivity index (χ1n) is 12.7. The Morgan fingerprint density at radius 3 is 2.56 bits per heavy atom. The molecule has 1 saturated heterocycles. The van der Waals surface area contributed by atoms with Crippen LogP contribution in [0.1, 0.15) is 61.0 Å². The molecule has 1 aliphatic rings. The molecular weight excluding hydrogens is 494 g/mol. The topological polar surface area (TPSA) is 79.8 Å². The minimum atomic E-state index is -3.60. The molecule has 36 heavy (non-hydrogen) atoms. The van der Waals surface area contributed by atoms with Gasteiger partial charge in [-0.15, -0.1) is 0 Å². The lowest BCUT2D eigenvalue weighted by Crippen LogP contribution is -2.37. The molecule has 1 amide bonds. The van der Waals surface area contributed by atoms with Crippen LogP contribution in [0.2, 0.25) is 0 Å². The predicted molar refractivity (Wildman–Crippen MR) is 146 cm³/mol. The highest BCUT2D eigenvalue weighted by atomic mass is 32.2. The van der Waals surface area contributed by atoms with E-state index in [0.29, 0.717) is 36.9 Å². The number of fused-ring (bicyclic) bond motifs is 1. The number of sulfonamides is 1. The van der Waals surface area contributed by atoms with Gasteiger partial charge in [0, 0.05) is 25.3 Å². The largest absolute Gasteiger partial charge is 0.376 e. The maximum absolute atomic E-state index is 13.7. The number of thiazole rings is 1. The number of unbranched alkanes of at least 4 members (excludes halogenated alkanes) is 1. The lowest BCUT2D eigenvalue weighted by atomic mass is 10.1. The molecule has 0 bridgehead atoms. The van der Waals surface area contributed by atoms with Gasteiger partial charge in [-0.2, -0.15) is 4.31 Å². The van der Waals surface area contributed by atoms with E-state index in [9.17, 15) is 13.2 Å². The number of ether oxygens (including phenoxy) is 1. The van der Waals surface area contributed by atoms with E-state index in [-0.39, 0.29) is 16.9 Å². The van der Waals surface area contributed by atoms with Crippen molar-refractivity contribution in [1.29, 1.82) is 0 Å². The van der Waals surface area contributed by atoms with Crippen LogP contribution in [0.3, 0.4) is 0 Å². The van der Waals surface area contributed by atoms with Crippen LogP contribution in [0, 0.1) is 13.8 Å². The average molecular weight is 530 g/mol. The molecule has 2 aromatic carbocycles. The summed E-state index contributed by atoms with van der Waals surface area (Å²) in [6.45, 7) is 9.98. The van der Waals surface area contributed by atoms with E-state index in [4.69, 9.17) is 9.72 Å². The zero-order valence-corrected chi connectivity index (χ0v) is 23.1. The molecule has 9 heteroatoms. The van der Waals surface area contributed by atoms with Crippen LogP contribution in [-0.4, -0.2) is 56.0 Å². The van der Waals surface area contributed by atoms with Gasteiger partial charge in [-0.1, -0.05) is 37.7 Å². The Balaban J connectivity index is 1.64. The Morgan fingerprint density at radius 2 is 1.92 bits per heavy atom. The van der Waals surface area contributed by atoms with Crippen molar-refractivity contribution in [2.45, 2.75) is 64.4 Å². The first-order chi connectivity index (χ1) is 17.2. The second kappa shape index (κ2) is 11.4. The molecular formula is C27H35N3O4S2. The fourth-order valence-corrected chi connectivity index (χ4v) is 7.21. The third kappa shape index (κ3) is 5.64. The first-order valence-corrected chi connectivity index (χ1v) is 14.9. The van der Waals surface area contributed by atoms with Crippen molar-refractivity contribution in [2.75, 3.05) is 31.1 Å². The third-order valence-corrected chi connectivity index (χ3v) is 9.57. The number of hydrogen-bond donors (Lipinski definition) is 0. The number of aryl methyl sites for hydroxylation is 2. The summed E-state index contributed by atoms with van der Waals surface area (Å²) in [6, 6.07) is 10.5. The van der Waals surface area contributed by atoms with Crippen molar-refractivity contribution in [3.8, 4) is 0 Å². The van der Waals surface area contributed by atoms with Gasteiger partial charge >= 0.3 is 0 Å². The number of aromatic nitrogens is 1. The highest BCUT2D eigenvalue weighted by Crippen LogP contribution is 2.33. The van der Waals surface area contributed by atoms with E-state index >= 15 is 0 Å². The summed E-state index contributed by atoms with van der Waals surface area (Å²) in [5.74, 6) is -0.207.